The molecule has 0 amide bonds. The topological polar surface area (TPSA) is 34.1 Å². The third-order valence-corrected chi connectivity index (χ3v) is 5.61. The van der Waals surface area contributed by atoms with Crippen LogP contribution in [0, 0.1) is 0 Å². The molecule has 4 aromatic carbocycles. The first-order valence-corrected chi connectivity index (χ1v) is 11.0. The lowest BCUT2D eigenvalue weighted by Gasteiger charge is -2.08. The minimum atomic E-state index is 0.138. The zero-order chi connectivity index (χ0) is 22.2. The molecule has 0 aliphatic carbocycles. The lowest BCUT2D eigenvalue weighted by atomic mass is 9.97. The molecule has 0 bridgehead atoms. The second-order valence-corrected chi connectivity index (χ2v) is 8.07. The van der Waals surface area contributed by atoms with Crippen molar-refractivity contribution in [2.75, 3.05) is 0 Å². The van der Waals surface area contributed by atoms with Crippen LogP contribution in [-0.2, 0) is 25.7 Å². The first-order valence-electron chi connectivity index (χ1n) is 11.0. The molecule has 0 saturated heterocycles. The Balaban J connectivity index is 1.37. The Labute approximate surface area is 189 Å². The van der Waals surface area contributed by atoms with E-state index in [9.17, 15) is 9.59 Å². The van der Waals surface area contributed by atoms with E-state index < -0.39 is 0 Å². The molecule has 0 aliphatic heterocycles. The van der Waals surface area contributed by atoms with Crippen molar-refractivity contribution in [2.45, 2.75) is 25.7 Å². The molecule has 0 radical (unpaired) electrons. The van der Waals surface area contributed by atoms with Crippen LogP contribution in [0.5, 0.6) is 0 Å². The molecule has 0 N–H and O–H groups in total. The van der Waals surface area contributed by atoms with E-state index in [2.05, 4.69) is 24.3 Å². The Kier molecular flexibility index (Phi) is 7.04. The van der Waals surface area contributed by atoms with Crippen molar-refractivity contribution in [2.24, 2.45) is 0 Å². The maximum absolute atomic E-state index is 12.5. The smallest absolute Gasteiger partial charge is 0.167 e. The summed E-state index contributed by atoms with van der Waals surface area (Å²) >= 11 is 0. The van der Waals surface area contributed by atoms with Crippen molar-refractivity contribution in [3.63, 3.8) is 0 Å². The highest BCUT2D eigenvalue weighted by molar-refractivity contribution is 5.98. The van der Waals surface area contributed by atoms with Crippen molar-refractivity contribution < 1.29 is 9.59 Å². The summed E-state index contributed by atoms with van der Waals surface area (Å²) in [6, 6.07) is 35.4. The summed E-state index contributed by atoms with van der Waals surface area (Å²) in [5, 5.41) is 0. The third-order valence-electron chi connectivity index (χ3n) is 5.61. The number of ketones is 2. The quantitative estimate of drug-likeness (QED) is 0.298. The first-order chi connectivity index (χ1) is 15.7. The number of hydrogen-bond acceptors (Lipinski definition) is 2. The summed E-state index contributed by atoms with van der Waals surface area (Å²) < 4.78 is 0. The Morgan fingerprint density at radius 3 is 1.22 bits per heavy atom. The van der Waals surface area contributed by atoms with Crippen LogP contribution in [0.2, 0.25) is 0 Å². The van der Waals surface area contributed by atoms with E-state index in [4.69, 9.17) is 0 Å². The normalized spacial score (nSPS) is 10.6. The number of carbonyl (C=O) groups excluding carboxylic acids is 2. The van der Waals surface area contributed by atoms with Gasteiger partial charge in [0.05, 0.1) is 0 Å². The van der Waals surface area contributed by atoms with E-state index in [0.29, 0.717) is 12.8 Å². The third kappa shape index (κ3) is 5.89. The number of carbonyl (C=O) groups is 2. The molecule has 158 valence electrons. The fourth-order valence-electron chi connectivity index (χ4n) is 3.90. The number of Topliss-reactive ketones (excluding diaryl/α,β-unsaturated/α-hetero) is 2. The maximum atomic E-state index is 12.5. The Morgan fingerprint density at radius 1 is 0.438 bits per heavy atom. The van der Waals surface area contributed by atoms with Gasteiger partial charge >= 0.3 is 0 Å². The molecule has 4 rings (SSSR count). The number of aryl methyl sites for hydroxylation is 2. The zero-order valence-corrected chi connectivity index (χ0v) is 18.0. The van der Waals surface area contributed by atoms with Crippen LogP contribution in [0.1, 0.15) is 43.0 Å². The monoisotopic (exact) mass is 418 g/mol. The van der Waals surface area contributed by atoms with Crippen LogP contribution < -0.4 is 0 Å². The molecule has 0 saturated carbocycles. The molecule has 32 heavy (non-hydrogen) atoms. The molecule has 0 heterocycles. The van der Waals surface area contributed by atoms with Crippen molar-refractivity contribution in [3.8, 4) is 0 Å². The van der Waals surface area contributed by atoms with Gasteiger partial charge in [-0.2, -0.15) is 0 Å². The standard InChI is InChI=1S/C30H26O2/c31-29(27-13-3-1-4-14-27)21-25-11-7-9-23(19-25)17-18-24-10-8-12-26(20-24)22-30(32)28-15-5-2-6-16-28/h1-16,19-20H,17-18,21-22H2. The fourth-order valence-corrected chi connectivity index (χ4v) is 3.90. The summed E-state index contributed by atoms with van der Waals surface area (Å²) in [4.78, 5) is 25.0. The molecule has 0 atom stereocenters. The van der Waals surface area contributed by atoms with Gasteiger partial charge in [-0.1, -0.05) is 109 Å². The fraction of sp³-hybridized carbons (Fsp3) is 0.133. The predicted octanol–water partition coefficient (Wildman–Crippen LogP) is 6.32. The number of benzene rings is 4. The Hall–Kier alpha value is -3.78. The van der Waals surface area contributed by atoms with Crippen LogP contribution in [0.25, 0.3) is 0 Å². The highest BCUT2D eigenvalue weighted by Crippen LogP contribution is 2.15. The van der Waals surface area contributed by atoms with Crippen LogP contribution >= 0.6 is 0 Å². The predicted molar refractivity (Wildman–Crippen MR) is 129 cm³/mol. The number of rotatable bonds is 9. The average Bonchev–Trinajstić information content (AvgIpc) is 2.84. The van der Waals surface area contributed by atoms with Crippen molar-refractivity contribution in [1.29, 1.82) is 0 Å². The van der Waals surface area contributed by atoms with Crippen LogP contribution in [0.3, 0.4) is 0 Å². The second kappa shape index (κ2) is 10.5. The van der Waals surface area contributed by atoms with Gasteiger partial charge in [-0.25, -0.2) is 0 Å². The molecule has 0 fully saturated rings. The van der Waals surface area contributed by atoms with Gasteiger partial charge in [-0.05, 0) is 35.1 Å². The molecule has 0 aromatic heterocycles. The largest absolute Gasteiger partial charge is 0.294 e. The average molecular weight is 419 g/mol. The van der Waals surface area contributed by atoms with E-state index >= 15 is 0 Å². The van der Waals surface area contributed by atoms with Crippen molar-refractivity contribution in [3.05, 3.63) is 143 Å². The van der Waals surface area contributed by atoms with Crippen LogP contribution in [0.4, 0.5) is 0 Å². The van der Waals surface area contributed by atoms with Gasteiger partial charge < -0.3 is 0 Å². The Bertz CT molecular complexity index is 1100. The summed E-state index contributed by atoms with van der Waals surface area (Å²) in [6.07, 6.45) is 2.61. The van der Waals surface area contributed by atoms with Gasteiger partial charge in [-0.15, -0.1) is 0 Å². The lowest BCUT2D eigenvalue weighted by Crippen LogP contribution is -2.04. The first kappa shape index (κ1) is 21.5. The van der Waals surface area contributed by atoms with Gasteiger partial charge in [-0.3, -0.25) is 9.59 Å². The van der Waals surface area contributed by atoms with Gasteiger partial charge in [0, 0.05) is 24.0 Å². The molecule has 0 spiro atoms. The van der Waals surface area contributed by atoms with Crippen molar-refractivity contribution >= 4 is 11.6 Å². The molecular formula is C30H26O2. The van der Waals surface area contributed by atoms with E-state index in [0.717, 1.165) is 35.1 Å². The van der Waals surface area contributed by atoms with Gasteiger partial charge in [0.2, 0.25) is 0 Å². The minimum absolute atomic E-state index is 0.138. The summed E-state index contributed by atoms with van der Waals surface area (Å²) in [6.45, 7) is 0. The van der Waals surface area contributed by atoms with Crippen LogP contribution in [0.15, 0.2) is 109 Å². The molecule has 2 nitrogen and oxygen atoms in total. The molecule has 4 aromatic rings. The van der Waals surface area contributed by atoms with Gasteiger partial charge in [0.1, 0.15) is 0 Å². The molecule has 0 aliphatic rings. The summed E-state index contributed by atoms with van der Waals surface area (Å²) in [5.41, 5.74) is 6.01. The van der Waals surface area contributed by atoms with E-state index in [1.807, 2.05) is 84.9 Å². The maximum Gasteiger partial charge on any atom is 0.167 e. The zero-order valence-electron chi connectivity index (χ0n) is 18.0. The van der Waals surface area contributed by atoms with Gasteiger partial charge in [0.15, 0.2) is 11.6 Å². The summed E-state index contributed by atoms with van der Waals surface area (Å²) in [7, 11) is 0. The molecule has 0 unspecified atom stereocenters. The SMILES string of the molecule is O=C(Cc1cccc(CCc2cccc(CC(=O)c3ccccc3)c2)c1)c1ccccc1. The second-order valence-electron chi connectivity index (χ2n) is 8.07. The van der Waals surface area contributed by atoms with E-state index in [1.54, 1.807) is 0 Å². The molecular weight excluding hydrogens is 392 g/mol. The van der Waals surface area contributed by atoms with Crippen molar-refractivity contribution in [1.82, 2.24) is 0 Å². The molecule has 2 heteroatoms. The highest BCUT2D eigenvalue weighted by atomic mass is 16.1. The van der Waals surface area contributed by atoms with Gasteiger partial charge in [0.25, 0.3) is 0 Å². The minimum Gasteiger partial charge on any atom is -0.294 e. The Morgan fingerprint density at radius 2 is 0.812 bits per heavy atom. The van der Waals surface area contributed by atoms with E-state index in [-0.39, 0.29) is 11.6 Å². The summed E-state index contributed by atoms with van der Waals surface area (Å²) in [5.74, 6) is 0.275. The van der Waals surface area contributed by atoms with Crippen LogP contribution in [-0.4, -0.2) is 11.6 Å². The van der Waals surface area contributed by atoms with E-state index in [1.165, 1.54) is 11.1 Å². The lowest BCUT2D eigenvalue weighted by molar-refractivity contribution is 0.0984. The highest BCUT2D eigenvalue weighted by Gasteiger charge is 2.09. The number of hydrogen-bond donors (Lipinski definition) is 0.